The van der Waals surface area contributed by atoms with E-state index in [0.29, 0.717) is 10.1 Å². The number of rotatable bonds is 5. The number of carbonyl (C=O) groups excluding carboxylic acids is 3. The van der Waals surface area contributed by atoms with Gasteiger partial charge >= 0.3 is 11.9 Å². The van der Waals surface area contributed by atoms with Crippen LogP contribution in [-0.2, 0) is 9.53 Å². The molecule has 1 aliphatic heterocycles. The summed E-state index contributed by atoms with van der Waals surface area (Å²) in [7, 11) is 0. The van der Waals surface area contributed by atoms with Crippen molar-refractivity contribution in [2.45, 2.75) is 4.58 Å². The fourth-order valence-electron chi connectivity index (χ4n) is 2.17. The number of carbonyl (C=O) groups is 3. The molecule has 1 fully saturated rings. The van der Waals surface area contributed by atoms with E-state index in [1.165, 1.54) is 12.3 Å². The van der Waals surface area contributed by atoms with E-state index in [1.807, 2.05) is 35.7 Å². The summed E-state index contributed by atoms with van der Waals surface area (Å²) in [6, 6.07) is 10.2. The van der Waals surface area contributed by atoms with E-state index >= 15 is 0 Å². The Morgan fingerprint density at radius 3 is 2.46 bits per heavy atom. The van der Waals surface area contributed by atoms with Crippen molar-refractivity contribution in [1.29, 1.82) is 0 Å². The summed E-state index contributed by atoms with van der Waals surface area (Å²) in [5.41, 5.74) is 5.83. The SMILES string of the molecule is O=C(COC(=O)c1ccc(C2SCCS2)cc1)NNC(=O)c1ccco1. The highest BCUT2D eigenvalue weighted by atomic mass is 32.2. The molecule has 7 nitrogen and oxygen atoms in total. The molecule has 9 heteroatoms. The predicted octanol–water partition coefficient (Wildman–Crippen LogP) is 2.38. The summed E-state index contributed by atoms with van der Waals surface area (Å²) < 4.78 is 10.2. The summed E-state index contributed by atoms with van der Waals surface area (Å²) in [6.07, 6.45) is 1.34. The van der Waals surface area contributed by atoms with Crippen LogP contribution in [0.1, 0.15) is 31.1 Å². The maximum absolute atomic E-state index is 12.0. The highest BCUT2D eigenvalue weighted by Crippen LogP contribution is 2.45. The quantitative estimate of drug-likeness (QED) is 0.595. The third-order valence-electron chi connectivity index (χ3n) is 3.44. The van der Waals surface area contributed by atoms with Gasteiger partial charge < -0.3 is 9.15 Å². The lowest BCUT2D eigenvalue weighted by Crippen LogP contribution is -2.43. The van der Waals surface area contributed by atoms with Gasteiger partial charge in [0, 0.05) is 11.5 Å². The number of nitrogens with one attached hydrogen (secondary N) is 2. The molecule has 0 saturated carbocycles. The average molecular weight is 392 g/mol. The fraction of sp³-hybridized carbons (Fsp3) is 0.235. The second-order valence-electron chi connectivity index (χ2n) is 5.25. The van der Waals surface area contributed by atoms with Crippen LogP contribution in [0.25, 0.3) is 0 Å². The van der Waals surface area contributed by atoms with Crippen molar-refractivity contribution in [2.75, 3.05) is 18.1 Å². The Bertz CT molecular complexity index is 771. The number of thioether (sulfide) groups is 2. The van der Waals surface area contributed by atoms with Gasteiger partial charge in [0.2, 0.25) is 0 Å². The average Bonchev–Trinajstić information content (AvgIpc) is 3.38. The molecule has 1 aromatic carbocycles. The van der Waals surface area contributed by atoms with Crippen LogP contribution >= 0.6 is 23.5 Å². The molecule has 3 rings (SSSR count). The Morgan fingerprint density at radius 2 is 1.81 bits per heavy atom. The molecule has 0 atom stereocenters. The lowest BCUT2D eigenvalue weighted by Gasteiger charge is -2.09. The number of furan rings is 1. The Hall–Kier alpha value is -2.39. The molecule has 1 aliphatic rings. The van der Waals surface area contributed by atoms with Crippen molar-refractivity contribution >= 4 is 41.3 Å². The summed E-state index contributed by atoms with van der Waals surface area (Å²) >= 11 is 3.77. The van der Waals surface area contributed by atoms with E-state index in [4.69, 9.17) is 9.15 Å². The Balaban J connectivity index is 1.43. The maximum Gasteiger partial charge on any atom is 0.338 e. The largest absolute Gasteiger partial charge is 0.459 e. The number of ether oxygens (including phenoxy) is 1. The van der Waals surface area contributed by atoms with Crippen molar-refractivity contribution in [3.63, 3.8) is 0 Å². The van der Waals surface area contributed by atoms with Gasteiger partial charge in [-0.2, -0.15) is 0 Å². The first kappa shape index (κ1) is 18.4. The van der Waals surface area contributed by atoms with E-state index in [0.717, 1.165) is 17.1 Å². The van der Waals surface area contributed by atoms with Crippen molar-refractivity contribution in [3.05, 3.63) is 59.5 Å². The van der Waals surface area contributed by atoms with Gasteiger partial charge in [-0.1, -0.05) is 12.1 Å². The van der Waals surface area contributed by atoms with E-state index in [2.05, 4.69) is 10.9 Å². The van der Waals surface area contributed by atoms with E-state index < -0.39 is 24.4 Å². The van der Waals surface area contributed by atoms with Crippen molar-refractivity contribution in [1.82, 2.24) is 10.9 Å². The number of benzene rings is 1. The topological polar surface area (TPSA) is 97.6 Å². The Kier molecular flexibility index (Phi) is 6.24. The minimum Gasteiger partial charge on any atom is -0.459 e. The molecule has 1 aromatic heterocycles. The first-order chi connectivity index (χ1) is 12.6. The van der Waals surface area contributed by atoms with Crippen LogP contribution in [0.2, 0.25) is 0 Å². The van der Waals surface area contributed by atoms with Crippen LogP contribution in [0.4, 0.5) is 0 Å². The molecule has 2 amide bonds. The van der Waals surface area contributed by atoms with Gasteiger partial charge in [-0.25, -0.2) is 4.79 Å². The summed E-state index contributed by atoms with van der Waals surface area (Å²) in [5.74, 6) is 0.452. The monoisotopic (exact) mass is 392 g/mol. The molecule has 0 bridgehead atoms. The van der Waals surface area contributed by atoms with Crippen LogP contribution in [0, 0.1) is 0 Å². The highest BCUT2D eigenvalue weighted by Gasteiger charge is 2.19. The molecule has 26 heavy (non-hydrogen) atoms. The first-order valence-corrected chi connectivity index (χ1v) is 9.86. The fourth-order valence-corrected chi connectivity index (χ4v) is 5.03. The van der Waals surface area contributed by atoms with Crippen LogP contribution in [-0.4, -0.2) is 35.9 Å². The van der Waals surface area contributed by atoms with E-state index in [-0.39, 0.29) is 5.76 Å². The number of hydrogen-bond acceptors (Lipinski definition) is 7. The molecular weight excluding hydrogens is 376 g/mol. The van der Waals surface area contributed by atoms with Gasteiger partial charge in [0.25, 0.3) is 5.91 Å². The van der Waals surface area contributed by atoms with E-state index in [1.54, 1.807) is 18.2 Å². The minimum atomic E-state index is -0.659. The van der Waals surface area contributed by atoms with Crippen LogP contribution in [0.5, 0.6) is 0 Å². The van der Waals surface area contributed by atoms with Gasteiger partial charge in [-0.15, -0.1) is 23.5 Å². The molecular formula is C17H16N2O5S2. The van der Waals surface area contributed by atoms with Crippen molar-refractivity contribution in [2.24, 2.45) is 0 Å². The van der Waals surface area contributed by atoms with Crippen LogP contribution < -0.4 is 10.9 Å². The number of hydrogen-bond donors (Lipinski definition) is 2. The molecule has 0 radical (unpaired) electrons. The number of hydrazine groups is 1. The summed E-state index contributed by atoms with van der Waals surface area (Å²) in [5, 5.41) is 0. The standard InChI is InChI=1S/C17H16N2O5S2/c20-14(18-19-15(21)13-2-1-7-23-13)10-24-16(22)11-3-5-12(6-4-11)17-25-8-9-26-17/h1-7,17H,8-10H2,(H,18,20)(H,19,21). The minimum absolute atomic E-state index is 0.0565. The molecule has 136 valence electrons. The van der Waals surface area contributed by atoms with Crippen molar-refractivity contribution < 1.29 is 23.5 Å². The zero-order valence-electron chi connectivity index (χ0n) is 13.6. The summed E-state index contributed by atoms with van der Waals surface area (Å²) in [6.45, 7) is -0.507. The molecule has 2 aromatic rings. The highest BCUT2D eigenvalue weighted by molar-refractivity contribution is 8.19. The normalized spacial score (nSPS) is 14.0. The smallest absolute Gasteiger partial charge is 0.338 e. The zero-order valence-corrected chi connectivity index (χ0v) is 15.2. The van der Waals surface area contributed by atoms with Gasteiger partial charge in [-0.3, -0.25) is 20.4 Å². The lowest BCUT2D eigenvalue weighted by atomic mass is 10.1. The predicted molar refractivity (Wildman–Crippen MR) is 98.7 cm³/mol. The van der Waals surface area contributed by atoms with Crippen LogP contribution in [0.15, 0.2) is 47.1 Å². The summed E-state index contributed by atoms with van der Waals surface area (Å²) in [4.78, 5) is 35.2. The third kappa shape index (κ3) is 4.83. The second-order valence-corrected chi connectivity index (χ2v) is 7.98. The van der Waals surface area contributed by atoms with Crippen LogP contribution in [0.3, 0.4) is 0 Å². The van der Waals surface area contributed by atoms with Gasteiger partial charge in [0.15, 0.2) is 12.4 Å². The lowest BCUT2D eigenvalue weighted by molar-refractivity contribution is -0.125. The molecule has 2 N–H and O–H groups in total. The molecule has 2 heterocycles. The van der Waals surface area contributed by atoms with Gasteiger partial charge in [0.05, 0.1) is 16.4 Å². The third-order valence-corrected chi connectivity index (χ3v) is 6.54. The molecule has 1 saturated heterocycles. The Labute approximate surface area is 158 Å². The molecule has 0 unspecified atom stereocenters. The van der Waals surface area contributed by atoms with Crippen molar-refractivity contribution in [3.8, 4) is 0 Å². The second kappa shape index (κ2) is 8.81. The number of esters is 1. The maximum atomic E-state index is 12.0. The molecule has 0 spiro atoms. The zero-order chi connectivity index (χ0) is 18.4. The Morgan fingerprint density at radius 1 is 1.08 bits per heavy atom. The van der Waals surface area contributed by atoms with Gasteiger partial charge in [-0.05, 0) is 29.8 Å². The van der Waals surface area contributed by atoms with Gasteiger partial charge in [0.1, 0.15) is 0 Å². The number of amides is 2. The molecule has 0 aliphatic carbocycles. The van der Waals surface area contributed by atoms with E-state index in [9.17, 15) is 14.4 Å². The first-order valence-electron chi connectivity index (χ1n) is 7.76.